The molecule has 7 rings (SSSR count). The van der Waals surface area contributed by atoms with Gasteiger partial charge in [0, 0.05) is 17.5 Å². The van der Waals surface area contributed by atoms with Crippen molar-refractivity contribution in [2.45, 2.75) is 17.5 Å². The smallest absolute Gasteiger partial charge is 0.238 e. The molecular weight excluding hydrogens is 526 g/mol. The van der Waals surface area contributed by atoms with Gasteiger partial charge in [-0.05, 0) is 41.0 Å². The molecule has 7 heteroatoms. The standard InChI is InChI=1S/C35H25N3O4/c36-19-21-42-28-17-9-6-14-25(28)32(40)30-29(31(39)23-11-2-1-3-12-23)35(26-15-7-8-16-27(26)37-34(35)41)33-24-13-5-4-10-22(24)18-20-38(30)33/h1-18,20,29-30,33H,21H2,(H,37,41)/t29-,30-,33+,35+/m0/s1. The quantitative estimate of drug-likeness (QED) is 0.315. The number of ketones is 2. The summed E-state index contributed by atoms with van der Waals surface area (Å²) < 4.78 is 5.65. The number of nitrogens with zero attached hydrogens (tertiary/aromatic N) is 2. The van der Waals surface area contributed by atoms with E-state index in [0.29, 0.717) is 16.8 Å². The summed E-state index contributed by atoms with van der Waals surface area (Å²) in [5.74, 6) is -1.80. The molecule has 42 heavy (non-hydrogen) atoms. The molecule has 1 spiro atoms. The molecule has 0 aliphatic carbocycles. The van der Waals surface area contributed by atoms with Gasteiger partial charge in [-0.2, -0.15) is 5.26 Å². The molecule has 1 fully saturated rings. The number of carbonyl (C=O) groups excluding carboxylic acids is 3. The van der Waals surface area contributed by atoms with Crippen LogP contribution < -0.4 is 10.1 Å². The van der Waals surface area contributed by atoms with E-state index in [1.165, 1.54) is 0 Å². The molecule has 0 radical (unpaired) electrons. The number of carbonyl (C=O) groups is 3. The van der Waals surface area contributed by atoms with Crippen LogP contribution in [-0.4, -0.2) is 35.0 Å². The Morgan fingerprint density at radius 1 is 0.881 bits per heavy atom. The van der Waals surface area contributed by atoms with Crippen LogP contribution in [0.4, 0.5) is 5.69 Å². The van der Waals surface area contributed by atoms with Crippen LogP contribution in [0.15, 0.2) is 109 Å². The Kier molecular flexibility index (Phi) is 5.98. The number of anilines is 1. The van der Waals surface area contributed by atoms with Gasteiger partial charge in [0.2, 0.25) is 5.91 Å². The monoisotopic (exact) mass is 551 g/mol. The molecule has 1 amide bonds. The predicted octanol–water partition coefficient (Wildman–Crippen LogP) is 5.57. The van der Waals surface area contributed by atoms with E-state index in [0.717, 1.165) is 11.1 Å². The van der Waals surface area contributed by atoms with Crippen molar-refractivity contribution < 1.29 is 19.1 Å². The summed E-state index contributed by atoms with van der Waals surface area (Å²) in [6.45, 7) is -0.235. The third-order valence-corrected chi connectivity index (χ3v) is 8.62. The minimum absolute atomic E-state index is 0.235. The van der Waals surface area contributed by atoms with Gasteiger partial charge in [0.15, 0.2) is 18.2 Å². The first-order valence-electron chi connectivity index (χ1n) is 13.7. The van der Waals surface area contributed by atoms with Crippen LogP contribution in [0.1, 0.15) is 43.4 Å². The molecule has 3 heterocycles. The highest BCUT2D eigenvalue weighted by Crippen LogP contribution is 2.62. The number of hydrogen-bond donors (Lipinski definition) is 1. The van der Waals surface area contributed by atoms with Gasteiger partial charge in [0.05, 0.1) is 17.5 Å². The number of Topliss-reactive ketones (excluding diaryl/α,β-unsaturated/α-hetero) is 2. The normalized spacial score (nSPS) is 23.0. The van der Waals surface area contributed by atoms with Crippen molar-refractivity contribution in [3.05, 3.63) is 137 Å². The average molecular weight is 552 g/mol. The zero-order valence-electron chi connectivity index (χ0n) is 22.4. The van der Waals surface area contributed by atoms with Crippen molar-refractivity contribution in [2.24, 2.45) is 5.92 Å². The second kappa shape index (κ2) is 9.86. The van der Waals surface area contributed by atoms with E-state index < -0.39 is 23.4 Å². The number of rotatable bonds is 6. The minimum Gasteiger partial charge on any atom is -0.478 e. The van der Waals surface area contributed by atoms with Gasteiger partial charge in [-0.15, -0.1) is 0 Å². The Morgan fingerprint density at radius 2 is 1.60 bits per heavy atom. The van der Waals surface area contributed by atoms with Crippen molar-refractivity contribution in [1.29, 1.82) is 5.26 Å². The Bertz CT molecular complexity index is 1830. The van der Waals surface area contributed by atoms with Gasteiger partial charge < -0.3 is 15.0 Å². The number of nitrogens with one attached hydrogen (secondary N) is 1. The van der Waals surface area contributed by atoms with Crippen LogP contribution in [0.5, 0.6) is 5.75 Å². The fourth-order valence-corrected chi connectivity index (χ4v) is 7.02. The van der Waals surface area contributed by atoms with E-state index in [-0.39, 0.29) is 35.4 Å². The summed E-state index contributed by atoms with van der Waals surface area (Å²) in [5, 5.41) is 12.2. The zero-order chi connectivity index (χ0) is 28.8. The molecule has 1 N–H and O–H groups in total. The molecule has 204 valence electrons. The molecule has 4 aromatic carbocycles. The molecule has 0 aromatic heterocycles. The molecule has 0 saturated carbocycles. The Hall–Kier alpha value is -5.48. The molecule has 1 saturated heterocycles. The number of fused-ring (bicyclic) bond motifs is 6. The summed E-state index contributed by atoms with van der Waals surface area (Å²) in [6.07, 6.45) is 3.76. The molecule has 4 atom stereocenters. The van der Waals surface area contributed by atoms with Gasteiger partial charge in [0.25, 0.3) is 0 Å². The molecule has 4 aromatic rings. The maximum atomic E-state index is 14.8. The number of amides is 1. The molecule has 3 aliphatic heterocycles. The van der Waals surface area contributed by atoms with Crippen LogP contribution >= 0.6 is 0 Å². The summed E-state index contributed by atoms with van der Waals surface area (Å²) >= 11 is 0. The lowest BCUT2D eigenvalue weighted by atomic mass is 9.62. The lowest BCUT2D eigenvalue weighted by Crippen LogP contribution is -2.49. The van der Waals surface area contributed by atoms with Crippen LogP contribution in [0.3, 0.4) is 0 Å². The van der Waals surface area contributed by atoms with Gasteiger partial charge >= 0.3 is 0 Å². The lowest BCUT2D eigenvalue weighted by Gasteiger charge is -2.38. The van der Waals surface area contributed by atoms with Gasteiger partial charge in [0.1, 0.15) is 23.3 Å². The topological polar surface area (TPSA) is 99.5 Å². The first kappa shape index (κ1) is 25.5. The van der Waals surface area contributed by atoms with Crippen molar-refractivity contribution in [1.82, 2.24) is 4.90 Å². The summed E-state index contributed by atoms with van der Waals surface area (Å²) in [5.41, 5.74) is 2.36. The molecule has 0 unspecified atom stereocenters. The average Bonchev–Trinajstić information content (AvgIpc) is 3.52. The summed E-state index contributed by atoms with van der Waals surface area (Å²) in [4.78, 5) is 45.9. The number of para-hydroxylation sites is 2. The predicted molar refractivity (Wildman–Crippen MR) is 157 cm³/mol. The maximum absolute atomic E-state index is 14.8. The highest BCUT2D eigenvalue weighted by atomic mass is 16.5. The summed E-state index contributed by atoms with van der Waals surface area (Å²) in [7, 11) is 0. The number of benzene rings is 4. The van der Waals surface area contributed by atoms with E-state index >= 15 is 0 Å². The number of ether oxygens (including phenoxy) is 1. The van der Waals surface area contributed by atoms with Crippen molar-refractivity contribution in [2.75, 3.05) is 11.9 Å². The van der Waals surface area contributed by atoms with Crippen LogP contribution in [0, 0.1) is 17.2 Å². The van der Waals surface area contributed by atoms with Crippen molar-refractivity contribution in [3.63, 3.8) is 0 Å². The fourth-order valence-electron chi connectivity index (χ4n) is 7.02. The highest BCUT2D eigenvalue weighted by molar-refractivity contribution is 6.17. The van der Waals surface area contributed by atoms with Crippen molar-refractivity contribution >= 4 is 29.2 Å². The van der Waals surface area contributed by atoms with Gasteiger partial charge in [-0.1, -0.05) is 84.9 Å². The number of nitriles is 1. The van der Waals surface area contributed by atoms with E-state index in [1.807, 2.05) is 77.8 Å². The third-order valence-electron chi connectivity index (χ3n) is 8.62. The summed E-state index contributed by atoms with van der Waals surface area (Å²) in [6, 6.07) is 31.0. The second-order valence-electron chi connectivity index (χ2n) is 10.6. The van der Waals surface area contributed by atoms with Gasteiger partial charge in [-0.25, -0.2) is 0 Å². The van der Waals surface area contributed by atoms with Crippen LogP contribution in [0.2, 0.25) is 0 Å². The molecule has 0 bridgehead atoms. The SMILES string of the molecule is N#CCOc1ccccc1C(=O)[C@@H]1[C@@H](C(=O)c2ccccc2)[C@@]2(C(=O)Nc3ccccc32)[C@H]2c3ccccc3C=CN12. The lowest BCUT2D eigenvalue weighted by molar-refractivity contribution is -0.122. The molecular formula is C35H25N3O4. The fraction of sp³-hybridized carbons (Fsp3) is 0.143. The largest absolute Gasteiger partial charge is 0.478 e. The Balaban J connectivity index is 1.52. The Morgan fingerprint density at radius 3 is 2.43 bits per heavy atom. The van der Waals surface area contributed by atoms with E-state index in [2.05, 4.69) is 5.32 Å². The van der Waals surface area contributed by atoms with E-state index in [4.69, 9.17) is 10.00 Å². The second-order valence-corrected chi connectivity index (χ2v) is 10.6. The van der Waals surface area contributed by atoms with Gasteiger partial charge in [-0.3, -0.25) is 14.4 Å². The Labute approximate surface area is 242 Å². The first-order chi connectivity index (χ1) is 20.6. The van der Waals surface area contributed by atoms with E-state index in [1.54, 1.807) is 48.5 Å². The van der Waals surface area contributed by atoms with Crippen molar-refractivity contribution in [3.8, 4) is 11.8 Å². The zero-order valence-corrected chi connectivity index (χ0v) is 22.4. The van der Waals surface area contributed by atoms with Crippen LogP contribution in [-0.2, 0) is 10.2 Å². The maximum Gasteiger partial charge on any atom is 0.238 e. The minimum atomic E-state index is -1.41. The number of hydrogen-bond acceptors (Lipinski definition) is 6. The highest BCUT2D eigenvalue weighted by Gasteiger charge is 2.70. The first-order valence-corrected chi connectivity index (χ1v) is 13.7. The van der Waals surface area contributed by atoms with Crippen LogP contribution in [0.25, 0.3) is 6.08 Å². The molecule has 3 aliphatic rings. The molecule has 7 nitrogen and oxygen atoms in total. The van der Waals surface area contributed by atoms with E-state index in [9.17, 15) is 14.4 Å². The third kappa shape index (κ3) is 3.55.